The van der Waals surface area contributed by atoms with Crippen LogP contribution in [0.5, 0.6) is 0 Å². The molecule has 28 heavy (non-hydrogen) atoms. The Hall–Kier alpha value is -2.35. The van der Waals surface area contributed by atoms with Crippen molar-refractivity contribution < 1.29 is 4.79 Å². The van der Waals surface area contributed by atoms with Crippen molar-refractivity contribution in [1.29, 1.82) is 0 Å². The molecule has 0 unspecified atom stereocenters. The second kappa shape index (κ2) is 7.24. The predicted octanol–water partition coefficient (Wildman–Crippen LogP) is 6.19. The van der Waals surface area contributed by atoms with E-state index in [1.54, 1.807) is 6.08 Å². The minimum Gasteiger partial charge on any atom is -0.323 e. The number of aryl methyl sites for hydroxylation is 1. The first-order chi connectivity index (χ1) is 13.6. The lowest BCUT2D eigenvalue weighted by Gasteiger charge is -2.54. The summed E-state index contributed by atoms with van der Waals surface area (Å²) < 4.78 is 0. The van der Waals surface area contributed by atoms with E-state index in [2.05, 4.69) is 48.6 Å². The van der Waals surface area contributed by atoms with E-state index in [0.29, 0.717) is 0 Å². The molecule has 0 atom stereocenters. The van der Waals surface area contributed by atoms with Gasteiger partial charge in [-0.2, -0.15) is 0 Å². The first kappa shape index (κ1) is 17.7. The van der Waals surface area contributed by atoms with Crippen molar-refractivity contribution in [3.05, 3.63) is 71.3 Å². The van der Waals surface area contributed by atoms with Crippen molar-refractivity contribution >= 4 is 17.7 Å². The number of nitrogens with one attached hydrogen (secondary N) is 1. The fourth-order valence-corrected chi connectivity index (χ4v) is 6.29. The third kappa shape index (κ3) is 3.53. The summed E-state index contributed by atoms with van der Waals surface area (Å²) in [6.45, 7) is 2.06. The quantitative estimate of drug-likeness (QED) is 0.638. The molecule has 2 aromatic carbocycles. The molecule has 0 aliphatic heterocycles. The minimum atomic E-state index is -0.0806. The number of benzene rings is 2. The van der Waals surface area contributed by atoms with Crippen LogP contribution >= 0.6 is 0 Å². The molecular formula is C26H29NO. The molecule has 6 rings (SSSR count). The molecule has 144 valence electrons. The van der Waals surface area contributed by atoms with E-state index in [0.717, 1.165) is 40.8 Å². The molecular weight excluding hydrogens is 342 g/mol. The second-order valence-corrected chi connectivity index (χ2v) is 9.31. The van der Waals surface area contributed by atoms with Crippen LogP contribution in [0.1, 0.15) is 54.7 Å². The summed E-state index contributed by atoms with van der Waals surface area (Å²) in [6, 6.07) is 16.8. The molecule has 2 nitrogen and oxygen atoms in total. The maximum atomic E-state index is 12.2. The Bertz CT molecular complexity index is 850. The third-order valence-electron chi connectivity index (χ3n) is 7.29. The Balaban J connectivity index is 1.23. The molecule has 4 aliphatic carbocycles. The van der Waals surface area contributed by atoms with Crippen LogP contribution in [-0.2, 0) is 4.79 Å². The molecule has 4 fully saturated rings. The van der Waals surface area contributed by atoms with Crippen LogP contribution in [0.3, 0.4) is 0 Å². The van der Waals surface area contributed by atoms with E-state index >= 15 is 0 Å². The van der Waals surface area contributed by atoms with Crippen molar-refractivity contribution in [3.63, 3.8) is 0 Å². The molecule has 4 saturated carbocycles. The first-order valence-corrected chi connectivity index (χ1v) is 10.8. The van der Waals surface area contributed by atoms with Crippen LogP contribution in [0.2, 0.25) is 0 Å². The molecule has 0 saturated heterocycles. The average Bonchev–Trinajstić information content (AvgIpc) is 2.68. The summed E-state index contributed by atoms with van der Waals surface area (Å²) in [7, 11) is 0. The number of anilines is 1. The third-order valence-corrected chi connectivity index (χ3v) is 7.29. The van der Waals surface area contributed by atoms with Gasteiger partial charge in [-0.3, -0.25) is 4.79 Å². The smallest absolute Gasteiger partial charge is 0.248 e. The number of amides is 1. The highest BCUT2D eigenvalue weighted by Crippen LogP contribution is 2.59. The Kier molecular flexibility index (Phi) is 4.58. The molecule has 4 bridgehead atoms. The molecule has 0 spiro atoms. The minimum absolute atomic E-state index is 0.0806. The average molecular weight is 372 g/mol. The van der Waals surface area contributed by atoms with Gasteiger partial charge in [0.05, 0.1) is 0 Å². The van der Waals surface area contributed by atoms with Crippen LogP contribution in [0.4, 0.5) is 5.69 Å². The second-order valence-electron chi connectivity index (χ2n) is 9.31. The maximum Gasteiger partial charge on any atom is 0.248 e. The molecule has 2 aromatic rings. The lowest BCUT2D eigenvalue weighted by Crippen LogP contribution is -2.43. The molecule has 0 aromatic heterocycles. The molecule has 1 N–H and O–H groups in total. The van der Waals surface area contributed by atoms with Crippen LogP contribution in [0.15, 0.2) is 54.6 Å². The van der Waals surface area contributed by atoms with E-state index in [9.17, 15) is 4.79 Å². The summed E-state index contributed by atoms with van der Waals surface area (Å²) in [5, 5.41) is 2.99. The topological polar surface area (TPSA) is 29.1 Å². The van der Waals surface area contributed by atoms with Crippen molar-refractivity contribution in [2.45, 2.75) is 44.9 Å². The van der Waals surface area contributed by atoms with Gasteiger partial charge in [0.1, 0.15) is 0 Å². The number of carbonyl (C=O) groups excluding carboxylic acids is 1. The van der Waals surface area contributed by atoms with Crippen LogP contribution < -0.4 is 5.32 Å². The number of hydrogen-bond acceptors (Lipinski definition) is 1. The SMILES string of the molecule is Cc1ccc(/C=C/C(=O)Nc2ccc(C3C4CC5CC(C4)CC3C5)cc2)cc1. The zero-order valence-electron chi connectivity index (χ0n) is 16.6. The highest BCUT2D eigenvalue weighted by atomic mass is 16.1. The van der Waals surface area contributed by atoms with Gasteiger partial charge in [0.15, 0.2) is 0 Å². The fourth-order valence-electron chi connectivity index (χ4n) is 6.29. The number of carbonyl (C=O) groups is 1. The summed E-state index contributed by atoms with van der Waals surface area (Å²) in [5.41, 5.74) is 4.63. The van der Waals surface area contributed by atoms with Crippen LogP contribution in [0.25, 0.3) is 6.08 Å². The van der Waals surface area contributed by atoms with Gasteiger partial charge in [-0.1, -0.05) is 42.0 Å². The van der Waals surface area contributed by atoms with E-state index in [4.69, 9.17) is 0 Å². The van der Waals surface area contributed by atoms with Gasteiger partial charge in [-0.25, -0.2) is 0 Å². The lowest BCUT2D eigenvalue weighted by atomic mass is 9.51. The summed E-state index contributed by atoms with van der Waals surface area (Å²) >= 11 is 0. The fraction of sp³-hybridized carbons (Fsp3) is 0.423. The summed E-state index contributed by atoms with van der Waals surface area (Å²) in [4.78, 5) is 12.2. The zero-order chi connectivity index (χ0) is 19.1. The van der Waals surface area contributed by atoms with Crippen LogP contribution in [0, 0.1) is 30.6 Å². The number of hydrogen-bond donors (Lipinski definition) is 1. The van der Waals surface area contributed by atoms with Crippen LogP contribution in [-0.4, -0.2) is 5.91 Å². The van der Waals surface area contributed by atoms with Gasteiger partial charge in [-0.05, 0) is 98.0 Å². The Morgan fingerprint density at radius 3 is 2.07 bits per heavy atom. The lowest BCUT2D eigenvalue weighted by molar-refractivity contribution is -0.111. The highest BCUT2D eigenvalue weighted by molar-refractivity contribution is 6.01. The molecule has 2 heteroatoms. The van der Waals surface area contributed by atoms with Gasteiger partial charge in [0.2, 0.25) is 5.91 Å². The van der Waals surface area contributed by atoms with Gasteiger partial charge in [0, 0.05) is 11.8 Å². The number of rotatable bonds is 4. The normalized spacial score (nSPS) is 30.7. The molecule has 4 aliphatic rings. The molecule has 0 radical (unpaired) electrons. The van der Waals surface area contributed by atoms with Crippen molar-refractivity contribution in [3.8, 4) is 0 Å². The highest BCUT2D eigenvalue weighted by Gasteiger charge is 2.48. The van der Waals surface area contributed by atoms with Crippen molar-refractivity contribution in [2.24, 2.45) is 23.7 Å². The predicted molar refractivity (Wildman–Crippen MR) is 115 cm³/mol. The molecule has 1 amide bonds. The maximum absolute atomic E-state index is 12.2. The van der Waals surface area contributed by atoms with Gasteiger partial charge in [-0.15, -0.1) is 0 Å². The van der Waals surface area contributed by atoms with Crippen molar-refractivity contribution in [2.75, 3.05) is 5.32 Å². The van der Waals surface area contributed by atoms with E-state index in [1.165, 1.54) is 43.2 Å². The summed E-state index contributed by atoms with van der Waals surface area (Å²) in [5.74, 6) is 4.49. The van der Waals surface area contributed by atoms with E-state index < -0.39 is 0 Å². The zero-order valence-corrected chi connectivity index (χ0v) is 16.6. The Morgan fingerprint density at radius 1 is 0.857 bits per heavy atom. The van der Waals surface area contributed by atoms with Gasteiger partial charge in [0.25, 0.3) is 0 Å². The molecule has 0 heterocycles. The van der Waals surface area contributed by atoms with E-state index in [1.807, 2.05) is 18.2 Å². The first-order valence-electron chi connectivity index (χ1n) is 10.8. The monoisotopic (exact) mass is 371 g/mol. The Labute approximate surface area is 168 Å². The van der Waals surface area contributed by atoms with Crippen molar-refractivity contribution in [1.82, 2.24) is 0 Å². The Morgan fingerprint density at radius 2 is 1.46 bits per heavy atom. The largest absolute Gasteiger partial charge is 0.323 e. The van der Waals surface area contributed by atoms with E-state index in [-0.39, 0.29) is 5.91 Å². The van der Waals surface area contributed by atoms with Gasteiger partial charge >= 0.3 is 0 Å². The summed E-state index contributed by atoms with van der Waals surface area (Å²) in [6.07, 6.45) is 10.7. The standard InChI is InChI=1S/C26H29NO/c1-17-2-4-18(5-3-17)6-11-25(28)27-24-9-7-21(8-10-24)26-22-13-19-12-20(15-22)16-23(26)14-19/h2-11,19-20,22-23,26H,12-16H2,1H3,(H,27,28)/b11-6+. The van der Waals surface area contributed by atoms with Gasteiger partial charge < -0.3 is 5.32 Å².